The van der Waals surface area contributed by atoms with Crippen LogP contribution in [0.2, 0.25) is 0 Å². The molecule has 166 valence electrons. The molecule has 1 aliphatic rings. The minimum Gasteiger partial charge on any atom is -0.367 e. The Morgan fingerprint density at radius 3 is 3.03 bits per heavy atom. The third kappa shape index (κ3) is 6.95. The number of nitrogens with two attached hydrogens (primary N) is 1. The van der Waals surface area contributed by atoms with Crippen molar-refractivity contribution in [3.05, 3.63) is 36.0 Å². The first kappa shape index (κ1) is 23.1. The minimum atomic E-state index is -1.75. The van der Waals surface area contributed by atoms with Crippen LogP contribution < -0.4 is 10.5 Å². The van der Waals surface area contributed by atoms with Crippen molar-refractivity contribution in [1.82, 2.24) is 19.7 Å². The van der Waals surface area contributed by atoms with Gasteiger partial charge in [0.05, 0.1) is 12.2 Å². The first-order chi connectivity index (χ1) is 14.9. The van der Waals surface area contributed by atoms with Crippen molar-refractivity contribution in [2.24, 2.45) is 17.0 Å². The second kappa shape index (κ2) is 11.1. The summed E-state index contributed by atoms with van der Waals surface area (Å²) in [6, 6.07) is 1.81. The van der Waals surface area contributed by atoms with E-state index in [1.54, 1.807) is 16.9 Å². The summed E-state index contributed by atoms with van der Waals surface area (Å²) in [6.07, 6.45) is 8.14. The van der Waals surface area contributed by atoms with Crippen LogP contribution in [-0.2, 0) is 22.0 Å². The van der Waals surface area contributed by atoms with Crippen LogP contribution in [0.1, 0.15) is 55.6 Å². The van der Waals surface area contributed by atoms with E-state index in [0.717, 1.165) is 25.7 Å². The molecule has 0 bridgehead atoms. The summed E-state index contributed by atoms with van der Waals surface area (Å²) in [6.45, 7) is 5.04. The minimum absolute atomic E-state index is 0.134. The van der Waals surface area contributed by atoms with Gasteiger partial charge in [-0.15, -0.1) is 5.92 Å². The van der Waals surface area contributed by atoms with Gasteiger partial charge in [0.1, 0.15) is 24.4 Å². The molecule has 2 aromatic heterocycles. The quantitative estimate of drug-likeness (QED) is 0.448. The Kier molecular flexibility index (Phi) is 8.28. The molecule has 0 radical (unpaired) electrons. The van der Waals surface area contributed by atoms with Gasteiger partial charge in [0.25, 0.3) is 0 Å². The van der Waals surface area contributed by atoms with E-state index in [2.05, 4.69) is 46.1 Å². The molecule has 0 spiro atoms. The van der Waals surface area contributed by atoms with Crippen molar-refractivity contribution >= 4 is 22.9 Å². The molecule has 1 saturated carbocycles. The van der Waals surface area contributed by atoms with Crippen LogP contribution in [0.3, 0.4) is 0 Å². The maximum absolute atomic E-state index is 13.0. The Bertz CT molecular complexity index is 981. The van der Waals surface area contributed by atoms with Crippen molar-refractivity contribution in [1.29, 1.82) is 0 Å². The number of anilines is 1. The lowest BCUT2D eigenvalue weighted by Crippen LogP contribution is -2.20. The number of carbonyl (C=O) groups excluding carboxylic acids is 1. The monoisotopic (exact) mass is 444 g/mol. The summed E-state index contributed by atoms with van der Waals surface area (Å²) < 4.78 is 17.6. The highest BCUT2D eigenvalue weighted by Crippen LogP contribution is 2.29. The number of rotatable bonds is 9. The van der Waals surface area contributed by atoms with Gasteiger partial charge in [-0.25, -0.2) is 19.3 Å². The zero-order valence-electron chi connectivity index (χ0n) is 17.8. The summed E-state index contributed by atoms with van der Waals surface area (Å²) in [5, 5.41) is 12.8. The van der Waals surface area contributed by atoms with Crippen LogP contribution in [0.4, 0.5) is 5.82 Å². The lowest BCUT2D eigenvalue weighted by Gasteiger charge is -2.15. The second-order valence-corrected chi connectivity index (χ2v) is 8.79. The number of nitrogens with zero attached hydrogens (tertiary/aromatic N) is 4. The maximum atomic E-state index is 13.0. The van der Waals surface area contributed by atoms with Crippen molar-refractivity contribution in [3.63, 3.8) is 0 Å². The summed E-state index contributed by atoms with van der Waals surface area (Å²) in [5.74, 6) is 7.22. The predicted octanol–water partition coefficient (Wildman–Crippen LogP) is 2.09. The third-order valence-corrected chi connectivity index (χ3v) is 5.38. The molecule has 3 rings (SSSR count). The number of carbonyl (C=O) groups is 1. The van der Waals surface area contributed by atoms with Gasteiger partial charge in [-0.2, -0.15) is 5.10 Å². The molecule has 10 heteroatoms. The standard InChI is InChI=1S/C21H28N6O3S/c1-15(2)5-3-4-9-27-10-8-19(26-27)20(28)18-12-23-14-24-21(18)25-17-7-6-16(11-17)13-30-31(22)29/h8,10,12,14-17H,5-7,9,11,13,22H2,1-2H3,(H,23,24,25)/t16-,17+,31?/m1/s1. The van der Waals surface area contributed by atoms with Gasteiger partial charge >= 0.3 is 0 Å². The van der Waals surface area contributed by atoms with Gasteiger partial charge < -0.3 is 5.32 Å². The smallest absolute Gasteiger partial charge is 0.231 e. The maximum Gasteiger partial charge on any atom is 0.231 e. The number of hydrogen-bond donors (Lipinski definition) is 2. The van der Waals surface area contributed by atoms with Crippen LogP contribution in [0.25, 0.3) is 0 Å². The van der Waals surface area contributed by atoms with Crippen LogP contribution in [0.15, 0.2) is 24.8 Å². The molecule has 2 aromatic rings. The van der Waals surface area contributed by atoms with Crippen LogP contribution in [0, 0.1) is 23.7 Å². The zero-order valence-corrected chi connectivity index (χ0v) is 18.6. The van der Waals surface area contributed by atoms with Gasteiger partial charge in [0, 0.05) is 24.9 Å². The molecule has 3 N–H and O–H groups in total. The highest BCUT2D eigenvalue weighted by Gasteiger charge is 2.27. The van der Waals surface area contributed by atoms with Gasteiger partial charge in [0.15, 0.2) is 0 Å². The molecule has 0 aromatic carbocycles. The van der Waals surface area contributed by atoms with E-state index in [1.165, 1.54) is 12.5 Å². The van der Waals surface area contributed by atoms with Crippen molar-refractivity contribution in [2.75, 3.05) is 11.9 Å². The normalized spacial score (nSPS) is 19.1. The lowest BCUT2D eigenvalue weighted by molar-refractivity contribution is 0.103. The summed E-state index contributed by atoms with van der Waals surface area (Å²) in [4.78, 5) is 21.3. The van der Waals surface area contributed by atoms with E-state index >= 15 is 0 Å². The Morgan fingerprint density at radius 2 is 2.26 bits per heavy atom. The molecular formula is C21H28N6O3S. The average Bonchev–Trinajstić information content (AvgIpc) is 3.39. The van der Waals surface area contributed by atoms with E-state index in [9.17, 15) is 9.00 Å². The van der Waals surface area contributed by atoms with Crippen molar-refractivity contribution < 1.29 is 13.2 Å². The largest absolute Gasteiger partial charge is 0.367 e. The van der Waals surface area contributed by atoms with E-state index in [1.807, 2.05) is 0 Å². The Balaban J connectivity index is 1.63. The summed E-state index contributed by atoms with van der Waals surface area (Å²) >= 11 is -1.75. The summed E-state index contributed by atoms with van der Waals surface area (Å²) in [5.41, 5.74) is 0.702. The van der Waals surface area contributed by atoms with Gasteiger partial charge in [0.2, 0.25) is 17.0 Å². The molecule has 0 amide bonds. The average molecular weight is 445 g/mol. The van der Waals surface area contributed by atoms with E-state index < -0.39 is 11.3 Å². The molecule has 0 aliphatic heterocycles. The van der Waals surface area contributed by atoms with Crippen LogP contribution >= 0.6 is 0 Å². The Labute approximate surface area is 185 Å². The Morgan fingerprint density at radius 1 is 1.42 bits per heavy atom. The fourth-order valence-corrected chi connectivity index (χ4v) is 3.77. The van der Waals surface area contributed by atoms with Gasteiger partial charge in [-0.3, -0.25) is 13.7 Å². The highest BCUT2D eigenvalue weighted by molar-refractivity contribution is 7.77. The number of aromatic nitrogens is 4. The fraction of sp³-hybridized carbons (Fsp3) is 0.524. The molecular weight excluding hydrogens is 416 g/mol. The summed E-state index contributed by atoms with van der Waals surface area (Å²) in [7, 11) is 0. The molecule has 1 fully saturated rings. The molecule has 9 nitrogen and oxygen atoms in total. The van der Waals surface area contributed by atoms with E-state index in [0.29, 0.717) is 36.1 Å². The molecule has 1 aliphatic carbocycles. The third-order valence-electron chi connectivity index (χ3n) is 5.01. The molecule has 0 saturated heterocycles. The van der Waals surface area contributed by atoms with Crippen molar-refractivity contribution in [3.8, 4) is 11.8 Å². The molecule has 3 atom stereocenters. The van der Waals surface area contributed by atoms with Crippen LogP contribution in [0.5, 0.6) is 0 Å². The Hall–Kier alpha value is -2.61. The second-order valence-electron chi connectivity index (χ2n) is 8.03. The topological polar surface area (TPSA) is 125 Å². The number of nitrogens with one attached hydrogen (secondary N) is 1. The number of hydrogen-bond acceptors (Lipinski definition) is 7. The van der Waals surface area contributed by atoms with Crippen molar-refractivity contribution in [2.45, 2.75) is 52.1 Å². The van der Waals surface area contributed by atoms with E-state index in [-0.39, 0.29) is 17.7 Å². The predicted molar refractivity (Wildman–Crippen MR) is 118 cm³/mol. The number of ketones is 1. The zero-order chi connectivity index (χ0) is 22.2. The van der Waals surface area contributed by atoms with Gasteiger partial charge in [-0.05, 0) is 37.2 Å². The first-order valence-electron chi connectivity index (χ1n) is 10.3. The highest BCUT2D eigenvalue weighted by atomic mass is 32.2. The molecule has 2 heterocycles. The van der Waals surface area contributed by atoms with Crippen LogP contribution in [-0.4, -0.2) is 42.4 Å². The lowest BCUT2D eigenvalue weighted by atomic mass is 10.1. The van der Waals surface area contributed by atoms with Gasteiger partial charge in [-0.1, -0.05) is 19.8 Å². The first-order valence-corrected chi connectivity index (χ1v) is 11.5. The molecule has 31 heavy (non-hydrogen) atoms. The van der Waals surface area contributed by atoms with E-state index in [4.69, 9.17) is 9.32 Å². The SMILES string of the molecule is CC(C)CC#CCn1ccc(C(=O)c2cncnc2N[C@H]2CC[C@@H](COS(N)=O)C2)n1. The molecule has 1 unspecified atom stereocenters. The fourth-order valence-electron chi connectivity index (χ4n) is 3.45.